The van der Waals surface area contributed by atoms with Crippen LogP contribution in [0.25, 0.3) is 0 Å². The highest BCUT2D eigenvalue weighted by molar-refractivity contribution is 14.1. The number of rotatable bonds is 4. The summed E-state index contributed by atoms with van der Waals surface area (Å²) in [6.45, 7) is 7.43. The smallest absolute Gasteiger partial charge is 0.410 e. The predicted molar refractivity (Wildman–Crippen MR) is 130 cm³/mol. The molecule has 1 saturated heterocycles. The van der Waals surface area contributed by atoms with E-state index in [0.717, 1.165) is 30.0 Å². The van der Waals surface area contributed by atoms with Gasteiger partial charge in [0.15, 0.2) is 0 Å². The second-order valence-corrected chi connectivity index (χ2v) is 11.0. The van der Waals surface area contributed by atoms with Crippen molar-refractivity contribution in [2.45, 2.75) is 45.6 Å². The Morgan fingerprint density at radius 1 is 1.11 bits per heavy atom. The number of amides is 1. The molecule has 1 fully saturated rings. The van der Waals surface area contributed by atoms with E-state index in [1.54, 1.807) is 4.90 Å². The average Bonchev–Trinajstić information content (AvgIpc) is 2.57. The quantitative estimate of drug-likeness (QED) is 0.229. The molecule has 0 bridgehead atoms. The maximum atomic E-state index is 12.4. The lowest BCUT2D eigenvalue weighted by Gasteiger charge is -2.33. The van der Waals surface area contributed by atoms with Crippen molar-refractivity contribution in [2.75, 3.05) is 19.7 Å². The Labute approximate surface area is 201 Å². The van der Waals surface area contributed by atoms with E-state index in [0.29, 0.717) is 31.2 Å². The Hall–Kier alpha value is 0.150. The Kier molecular flexibility index (Phi) is 8.90. The summed E-state index contributed by atoms with van der Waals surface area (Å²) >= 11 is 6.59. The average molecular weight is 711 g/mol. The predicted octanol–water partition coefficient (Wildman–Crippen LogP) is 5.69. The summed E-state index contributed by atoms with van der Waals surface area (Å²) in [5.41, 5.74) is 0.190. The molecule has 0 saturated carbocycles. The largest absolute Gasteiger partial charge is 0.462 e. The van der Waals surface area contributed by atoms with Gasteiger partial charge in [0.1, 0.15) is 5.60 Å². The number of halogens is 3. The zero-order valence-electron chi connectivity index (χ0n) is 15.7. The molecule has 5 nitrogen and oxygen atoms in total. The van der Waals surface area contributed by atoms with Gasteiger partial charge in [-0.2, -0.15) is 0 Å². The number of hydrogen-bond acceptors (Lipinski definition) is 4. The maximum absolute atomic E-state index is 12.4. The summed E-state index contributed by atoms with van der Waals surface area (Å²) in [7, 11) is 0. The lowest BCUT2D eigenvalue weighted by atomic mass is 9.94. The van der Waals surface area contributed by atoms with Crippen molar-refractivity contribution in [3.63, 3.8) is 0 Å². The zero-order valence-corrected chi connectivity index (χ0v) is 22.2. The molecule has 1 aliphatic heterocycles. The molecule has 2 rings (SSSR count). The Balaban J connectivity index is 1.77. The second-order valence-electron chi connectivity index (χ2n) is 7.55. The summed E-state index contributed by atoms with van der Waals surface area (Å²) in [6.07, 6.45) is 2.41. The number of benzene rings is 1. The van der Waals surface area contributed by atoms with Crippen LogP contribution in [0.5, 0.6) is 0 Å². The van der Waals surface area contributed by atoms with Crippen molar-refractivity contribution in [3.8, 4) is 0 Å². The highest BCUT2D eigenvalue weighted by atomic mass is 127. The van der Waals surface area contributed by atoms with Gasteiger partial charge in [-0.25, -0.2) is 9.59 Å². The summed E-state index contributed by atoms with van der Waals surface area (Å²) in [5.74, 6) is 0.207. The van der Waals surface area contributed by atoms with Crippen molar-refractivity contribution >= 4 is 79.8 Å². The van der Waals surface area contributed by atoms with Crippen molar-refractivity contribution in [1.29, 1.82) is 0 Å². The zero-order chi connectivity index (χ0) is 20.2. The Morgan fingerprint density at radius 3 is 2.30 bits per heavy atom. The summed E-state index contributed by atoms with van der Waals surface area (Å²) in [5, 5.41) is 0. The van der Waals surface area contributed by atoms with E-state index < -0.39 is 5.60 Å². The van der Waals surface area contributed by atoms with Gasteiger partial charge in [0.05, 0.1) is 12.2 Å². The number of piperidine rings is 1. The first kappa shape index (κ1) is 23.4. The molecule has 150 valence electrons. The van der Waals surface area contributed by atoms with Gasteiger partial charge < -0.3 is 14.4 Å². The number of nitrogens with zero attached hydrogens (tertiary/aromatic N) is 1. The first-order chi connectivity index (χ1) is 12.6. The van der Waals surface area contributed by atoms with Crippen LogP contribution in [0, 0.1) is 16.6 Å². The van der Waals surface area contributed by atoms with Gasteiger partial charge >= 0.3 is 12.1 Å². The molecule has 1 aliphatic rings. The van der Waals surface area contributed by atoms with Crippen LogP contribution in [0.3, 0.4) is 0 Å². The fourth-order valence-corrected chi connectivity index (χ4v) is 5.16. The van der Waals surface area contributed by atoms with Gasteiger partial charge in [-0.3, -0.25) is 0 Å². The van der Waals surface area contributed by atoms with Gasteiger partial charge in [0.25, 0.3) is 0 Å². The van der Waals surface area contributed by atoms with Crippen molar-refractivity contribution < 1.29 is 19.1 Å². The van der Waals surface area contributed by atoms with Crippen LogP contribution in [0.1, 0.15) is 50.4 Å². The van der Waals surface area contributed by atoms with E-state index in [2.05, 4.69) is 67.8 Å². The molecule has 1 amide bonds. The minimum absolute atomic E-state index is 0.241. The van der Waals surface area contributed by atoms with Crippen LogP contribution in [0.2, 0.25) is 0 Å². The van der Waals surface area contributed by atoms with E-state index in [9.17, 15) is 9.59 Å². The van der Waals surface area contributed by atoms with Crippen LogP contribution in [-0.2, 0) is 9.47 Å². The Morgan fingerprint density at radius 2 is 1.70 bits per heavy atom. The fraction of sp³-hybridized carbons (Fsp3) is 0.579. The summed E-state index contributed by atoms with van der Waals surface area (Å²) < 4.78 is 13.9. The third kappa shape index (κ3) is 7.16. The molecule has 27 heavy (non-hydrogen) atoms. The van der Waals surface area contributed by atoms with Gasteiger partial charge in [-0.05, 0) is 126 Å². The topological polar surface area (TPSA) is 55.8 Å². The minimum atomic E-state index is -0.466. The monoisotopic (exact) mass is 711 g/mol. The molecule has 1 aromatic carbocycles. The SMILES string of the molecule is CC(C)(C)OC(=O)N1CCC(CCOC(=O)c2c(I)ccc(I)c2I)CC1. The number of carbonyl (C=O) groups excluding carboxylic acids is 2. The summed E-state index contributed by atoms with van der Waals surface area (Å²) in [4.78, 5) is 26.3. The molecule has 0 aliphatic carbocycles. The van der Waals surface area contributed by atoms with Gasteiger partial charge in [0.2, 0.25) is 0 Å². The van der Waals surface area contributed by atoms with Crippen molar-refractivity contribution in [2.24, 2.45) is 5.92 Å². The number of hydrogen-bond donors (Lipinski definition) is 0. The minimum Gasteiger partial charge on any atom is -0.462 e. The van der Waals surface area contributed by atoms with Crippen LogP contribution < -0.4 is 0 Å². The van der Waals surface area contributed by atoms with E-state index >= 15 is 0 Å². The molecule has 1 aromatic rings. The molecular formula is C19H24I3NO4. The van der Waals surface area contributed by atoms with E-state index in [-0.39, 0.29) is 12.1 Å². The molecule has 1 heterocycles. The molecule has 0 radical (unpaired) electrons. The highest BCUT2D eigenvalue weighted by Crippen LogP contribution is 2.26. The van der Waals surface area contributed by atoms with Gasteiger partial charge in [-0.1, -0.05) is 0 Å². The van der Waals surface area contributed by atoms with Crippen LogP contribution in [0.15, 0.2) is 12.1 Å². The number of esters is 1. The second kappa shape index (κ2) is 10.3. The van der Waals surface area contributed by atoms with Crippen LogP contribution in [0.4, 0.5) is 4.79 Å². The number of ether oxygens (including phenoxy) is 2. The first-order valence-electron chi connectivity index (χ1n) is 8.87. The first-order valence-corrected chi connectivity index (χ1v) is 12.1. The van der Waals surface area contributed by atoms with E-state index in [1.165, 1.54) is 0 Å². The van der Waals surface area contributed by atoms with E-state index in [4.69, 9.17) is 9.47 Å². The maximum Gasteiger partial charge on any atom is 0.410 e. The van der Waals surface area contributed by atoms with Gasteiger partial charge in [0, 0.05) is 23.8 Å². The van der Waals surface area contributed by atoms with Crippen LogP contribution in [-0.4, -0.2) is 42.3 Å². The fourth-order valence-electron chi connectivity index (χ4n) is 2.84. The molecule has 0 N–H and O–H groups in total. The third-order valence-corrected chi connectivity index (χ3v) is 8.22. The third-order valence-electron chi connectivity index (χ3n) is 4.27. The summed E-state index contributed by atoms with van der Waals surface area (Å²) in [6, 6.07) is 3.94. The van der Waals surface area contributed by atoms with Gasteiger partial charge in [-0.15, -0.1) is 0 Å². The Bertz CT molecular complexity index is 695. The lowest BCUT2D eigenvalue weighted by Crippen LogP contribution is -2.41. The van der Waals surface area contributed by atoms with Crippen molar-refractivity contribution in [1.82, 2.24) is 4.90 Å². The molecule has 0 atom stereocenters. The molecular weight excluding hydrogens is 687 g/mol. The highest BCUT2D eigenvalue weighted by Gasteiger charge is 2.27. The number of likely N-dealkylation sites (tertiary alicyclic amines) is 1. The number of carbonyl (C=O) groups is 2. The van der Waals surface area contributed by atoms with E-state index in [1.807, 2.05) is 32.9 Å². The molecule has 0 spiro atoms. The molecule has 8 heteroatoms. The van der Waals surface area contributed by atoms with Crippen molar-refractivity contribution in [3.05, 3.63) is 28.4 Å². The molecule has 0 unspecified atom stereocenters. The standard InChI is InChI=1S/C19H24I3NO4/c1-19(2,3)27-18(25)23-9-6-12(7-10-23)8-11-26-17(24)15-13(20)4-5-14(21)16(15)22/h4-5,12H,6-11H2,1-3H3. The lowest BCUT2D eigenvalue weighted by molar-refractivity contribution is 0.0169. The van der Waals surface area contributed by atoms with Crippen LogP contribution >= 0.6 is 67.8 Å². The molecule has 0 aromatic heterocycles. The normalized spacial score (nSPS) is 15.6.